The Labute approximate surface area is 108 Å². The van der Waals surface area contributed by atoms with Crippen molar-refractivity contribution in [3.8, 4) is 5.75 Å². The Kier molecular flexibility index (Phi) is 3.60. The van der Waals surface area contributed by atoms with Crippen LogP contribution in [-0.2, 0) is 4.79 Å². The Bertz CT molecular complexity index is 452. The summed E-state index contributed by atoms with van der Waals surface area (Å²) in [4.78, 5) is 11.7. The van der Waals surface area contributed by atoms with Gasteiger partial charge in [-0.05, 0) is 37.2 Å². The zero-order chi connectivity index (χ0) is 13.3. The Morgan fingerprint density at radius 2 is 1.94 bits per heavy atom. The van der Waals surface area contributed by atoms with Crippen LogP contribution in [0.1, 0.15) is 49.7 Å². The Morgan fingerprint density at radius 3 is 2.50 bits per heavy atom. The van der Waals surface area contributed by atoms with Crippen LogP contribution in [0.4, 0.5) is 0 Å². The lowest BCUT2D eigenvalue weighted by Crippen LogP contribution is -2.24. The number of rotatable bonds is 4. The molecule has 1 aliphatic carbocycles. The van der Waals surface area contributed by atoms with Gasteiger partial charge >= 0.3 is 0 Å². The summed E-state index contributed by atoms with van der Waals surface area (Å²) in [6.45, 7) is 3.97. The quantitative estimate of drug-likeness (QED) is 0.859. The number of hydrogen-bond donors (Lipinski definition) is 2. The van der Waals surface area contributed by atoms with Gasteiger partial charge in [-0.3, -0.25) is 4.79 Å². The molecule has 2 rings (SSSR count). The van der Waals surface area contributed by atoms with Crippen LogP contribution in [0.2, 0.25) is 0 Å². The highest BCUT2D eigenvalue weighted by atomic mass is 16.3. The van der Waals surface area contributed by atoms with E-state index in [1.165, 1.54) is 12.8 Å². The first kappa shape index (κ1) is 12.9. The smallest absolute Gasteiger partial charge is 0.227 e. The van der Waals surface area contributed by atoms with Crippen LogP contribution >= 0.6 is 0 Å². The predicted molar refractivity (Wildman–Crippen MR) is 71.7 cm³/mol. The molecule has 1 fully saturated rings. The molecule has 0 spiro atoms. The molecule has 1 aromatic rings. The molecule has 0 heterocycles. The summed E-state index contributed by atoms with van der Waals surface area (Å²) in [5.41, 5.74) is 1.70. The average Bonchev–Trinajstić information content (AvgIpc) is 3.20. The molecule has 2 atom stereocenters. The summed E-state index contributed by atoms with van der Waals surface area (Å²) >= 11 is 0. The second kappa shape index (κ2) is 5.01. The lowest BCUT2D eigenvalue weighted by Gasteiger charge is -2.18. The highest BCUT2D eigenvalue weighted by molar-refractivity contribution is 5.83. The number of para-hydroxylation sites is 1. The molecule has 2 unspecified atom stereocenters. The van der Waals surface area contributed by atoms with Crippen LogP contribution in [0.25, 0.3) is 0 Å². The predicted octanol–water partition coefficient (Wildman–Crippen LogP) is 2.76. The van der Waals surface area contributed by atoms with E-state index in [0.29, 0.717) is 17.6 Å². The van der Waals surface area contributed by atoms with Gasteiger partial charge in [0.1, 0.15) is 5.75 Å². The van der Waals surface area contributed by atoms with Crippen molar-refractivity contribution in [1.82, 2.24) is 5.32 Å². The van der Waals surface area contributed by atoms with E-state index in [0.717, 1.165) is 11.1 Å². The lowest BCUT2D eigenvalue weighted by molar-refractivity contribution is -0.121. The minimum absolute atomic E-state index is 0.0680. The van der Waals surface area contributed by atoms with Crippen LogP contribution in [-0.4, -0.2) is 18.1 Å². The molecule has 98 valence electrons. The van der Waals surface area contributed by atoms with Gasteiger partial charge in [-0.2, -0.15) is 0 Å². The van der Waals surface area contributed by atoms with E-state index in [2.05, 4.69) is 12.2 Å². The topological polar surface area (TPSA) is 49.3 Å². The number of carbonyl (C=O) groups excluding carboxylic acids is 1. The van der Waals surface area contributed by atoms with Gasteiger partial charge in [0.25, 0.3) is 0 Å². The van der Waals surface area contributed by atoms with Crippen molar-refractivity contribution in [2.45, 2.75) is 38.5 Å². The third-order valence-corrected chi connectivity index (χ3v) is 4.02. The number of hydrogen-bond acceptors (Lipinski definition) is 2. The molecule has 1 aromatic carbocycles. The monoisotopic (exact) mass is 247 g/mol. The fraction of sp³-hybridized carbons (Fsp3) is 0.533. The molecule has 3 heteroatoms. The van der Waals surface area contributed by atoms with Crippen molar-refractivity contribution in [1.29, 1.82) is 0 Å². The van der Waals surface area contributed by atoms with Crippen LogP contribution in [0.15, 0.2) is 18.2 Å². The molecule has 0 radical (unpaired) electrons. The normalized spacial score (nSPS) is 18.2. The summed E-state index contributed by atoms with van der Waals surface area (Å²) < 4.78 is 0. The van der Waals surface area contributed by atoms with Crippen molar-refractivity contribution in [3.05, 3.63) is 29.3 Å². The van der Waals surface area contributed by atoms with E-state index in [1.807, 2.05) is 25.1 Å². The van der Waals surface area contributed by atoms with Gasteiger partial charge in [0.2, 0.25) is 5.91 Å². The largest absolute Gasteiger partial charge is 0.507 e. The molecule has 0 saturated heterocycles. The Hall–Kier alpha value is -1.51. The van der Waals surface area contributed by atoms with Gasteiger partial charge in [-0.1, -0.05) is 25.1 Å². The van der Waals surface area contributed by atoms with E-state index in [1.54, 1.807) is 7.05 Å². The van der Waals surface area contributed by atoms with Gasteiger partial charge in [0.05, 0.1) is 5.92 Å². The van der Waals surface area contributed by atoms with Crippen LogP contribution in [0.3, 0.4) is 0 Å². The van der Waals surface area contributed by atoms with E-state index < -0.39 is 0 Å². The summed E-state index contributed by atoms with van der Waals surface area (Å²) in [5.74, 6) is 0.985. The molecular formula is C15H21NO2. The first-order valence-corrected chi connectivity index (χ1v) is 6.59. The minimum atomic E-state index is -0.318. The van der Waals surface area contributed by atoms with Crippen molar-refractivity contribution >= 4 is 5.91 Å². The number of likely N-dealkylation sites (N-methyl/N-ethyl adjacent to an activating group) is 1. The molecule has 18 heavy (non-hydrogen) atoms. The molecule has 0 bridgehead atoms. The fourth-order valence-electron chi connectivity index (χ4n) is 2.50. The number of aromatic hydroxyl groups is 1. The minimum Gasteiger partial charge on any atom is -0.507 e. The molecule has 1 saturated carbocycles. The number of carbonyl (C=O) groups is 1. The first-order chi connectivity index (χ1) is 8.56. The van der Waals surface area contributed by atoms with Gasteiger partial charge in [0, 0.05) is 12.6 Å². The third kappa shape index (κ3) is 2.35. The van der Waals surface area contributed by atoms with Gasteiger partial charge < -0.3 is 10.4 Å². The number of benzene rings is 1. The molecule has 0 aliphatic heterocycles. The zero-order valence-corrected chi connectivity index (χ0v) is 11.2. The maximum Gasteiger partial charge on any atom is 0.227 e. The second-order valence-electron chi connectivity index (χ2n) is 5.25. The van der Waals surface area contributed by atoms with Crippen molar-refractivity contribution in [3.63, 3.8) is 0 Å². The maximum atomic E-state index is 11.7. The van der Waals surface area contributed by atoms with Crippen LogP contribution in [0.5, 0.6) is 5.75 Å². The summed E-state index contributed by atoms with van der Waals surface area (Å²) in [6.07, 6.45) is 2.49. The van der Waals surface area contributed by atoms with E-state index >= 15 is 0 Å². The Morgan fingerprint density at radius 1 is 1.33 bits per heavy atom. The molecule has 0 aromatic heterocycles. The molecule has 1 amide bonds. The fourth-order valence-corrected chi connectivity index (χ4v) is 2.50. The average molecular weight is 247 g/mol. The van der Waals surface area contributed by atoms with Crippen molar-refractivity contribution < 1.29 is 9.90 Å². The van der Waals surface area contributed by atoms with Crippen LogP contribution in [0, 0.1) is 5.92 Å². The molecular weight excluding hydrogens is 226 g/mol. The number of nitrogens with one attached hydrogen (secondary N) is 1. The Balaban J connectivity index is 2.31. The molecule has 2 N–H and O–H groups in total. The summed E-state index contributed by atoms with van der Waals surface area (Å²) in [5, 5.41) is 13.0. The van der Waals surface area contributed by atoms with E-state index in [9.17, 15) is 9.90 Å². The number of phenolic OH excluding ortho intramolecular Hbond substituents is 1. The van der Waals surface area contributed by atoms with Crippen molar-refractivity contribution in [2.24, 2.45) is 5.92 Å². The summed E-state index contributed by atoms with van der Waals surface area (Å²) in [7, 11) is 1.62. The van der Waals surface area contributed by atoms with E-state index in [-0.39, 0.29) is 11.8 Å². The van der Waals surface area contributed by atoms with Crippen molar-refractivity contribution in [2.75, 3.05) is 7.05 Å². The first-order valence-electron chi connectivity index (χ1n) is 6.59. The SMILES string of the molecule is CNC(=O)C(C)c1cccc(C(C)C2CC2)c1O. The van der Waals surface area contributed by atoms with Gasteiger partial charge in [0.15, 0.2) is 0 Å². The van der Waals surface area contributed by atoms with Gasteiger partial charge in [-0.25, -0.2) is 0 Å². The molecule has 1 aliphatic rings. The summed E-state index contributed by atoms with van der Waals surface area (Å²) in [6, 6.07) is 5.74. The van der Waals surface area contributed by atoms with Gasteiger partial charge in [-0.15, -0.1) is 0 Å². The zero-order valence-electron chi connectivity index (χ0n) is 11.2. The maximum absolute atomic E-state index is 11.7. The number of amides is 1. The third-order valence-electron chi connectivity index (χ3n) is 4.02. The standard InChI is InChI=1S/C15H21NO2/c1-9(11-7-8-11)12-5-4-6-13(14(12)17)10(2)15(18)16-3/h4-6,9-11,17H,7-8H2,1-3H3,(H,16,18). The van der Waals surface area contributed by atoms with E-state index in [4.69, 9.17) is 0 Å². The lowest BCUT2D eigenvalue weighted by atomic mass is 9.90. The highest BCUT2D eigenvalue weighted by Gasteiger charge is 2.31. The molecule has 3 nitrogen and oxygen atoms in total. The van der Waals surface area contributed by atoms with Crippen LogP contribution < -0.4 is 5.32 Å². The second-order valence-corrected chi connectivity index (χ2v) is 5.25. The highest BCUT2D eigenvalue weighted by Crippen LogP contribution is 2.45. The number of phenols is 1.